The first kappa shape index (κ1) is 11.6. The second kappa shape index (κ2) is 4.15. The molecule has 0 aromatic carbocycles. The van der Waals surface area contributed by atoms with Gasteiger partial charge in [-0.15, -0.1) is 0 Å². The molecule has 0 amide bonds. The highest BCUT2D eigenvalue weighted by Gasteiger charge is 2.36. The molecule has 0 aliphatic carbocycles. The van der Waals surface area contributed by atoms with Crippen molar-refractivity contribution in [3.05, 3.63) is 12.3 Å². The summed E-state index contributed by atoms with van der Waals surface area (Å²) in [6.45, 7) is 0.343. The maximum absolute atomic E-state index is 12.2. The van der Waals surface area contributed by atoms with E-state index >= 15 is 0 Å². The first-order chi connectivity index (χ1) is 7.57. The monoisotopic (exact) mass is 245 g/mol. The summed E-state index contributed by atoms with van der Waals surface area (Å²) in [5.41, 5.74) is 0. The van der Waals surface area contributed by atoms with Crippen LogP contribution in [-0.4, -0.2) is 46.8 Å². The van der Waals surface area contributed by atoms with Gasteiger partial charge in [0.2, 0.25) is 0 Å². The van der Waals surface area contributed by atoms with Crippen LogP contribution in [0.15, 0.2) is 17.3 Å². The van der Waals surface area contributed by atoms with Crippen molar-refractivity contribution in [2.24, 2.45) is 7.05 Å². The Morgan fingerprint density at radius 3 is 2.94 bits per heavy atom. The number of hydrogen-bond donors (Lipinski definition) is 1. The molecule has 0 saturated carbocycles. The number of hydrogen-bond acceptors (Lipinski definition) is 4. The Kier molecular flexibility index (Phi) is 3.00. The van der Waals surface area contributed by atoms with Gasteiger partial charge in [0.25, 0.3) is 10.0 Å². The van der Waals surface area contributed by atoms with E-state index in [1.807, 2.05) is 0 Å². The average molecular weight is 245 g/mol. The van der Waals surface area contributed by atoms with Gasteiger partial charge in [0, 0.05) is 19.6 Å². The van der Waals surface area contributed by atoms with Crippen LogP contribution in [0, 0.1) is 0 Å². The first-order valence-corrected chi connectivity index (χ1v) is 6.62. The summed E-state index contributed by atoms with van der Waals surface area (Å²) < 4.78 is 27.2. The zero-order chi connectivity index (χ0) is 11.8. The molecule has 1 atom stereocenters. The Morgan fingerprint density at radius 2 is 2.38 bits per heavy atom. The summed E-state index contributed by atoms with van der Waals surface area (Å²) in [4.78, 5) is 0. The van der Waals surface area contributed by atoms with Gasteiger partial charge in [-0.3, -0.25) is 4.68 Å². The molecule has 1 N–H and O–H groups in total. The fourth-order valence-corrected chi connectivity index (χ4v) is 3.83. The van der Waals surface area contributed by atoms with Crippen molar-refractivity contribution < 1.29 is 13.5 Å². The molecule has 1 fully saturated rings. The van der Waals surface area contributed by atoms with Gasteiger partial charge in [-0.1, -0.05) is 0 Å². The summed E-state index contributed by atoms with van der Waals surface area (Å²) in [6.07, 6.45) is 2.97. The van der Waals surface area contributed by atoms with Gasteiger partial charge >= 0.3 is 0 Å². The Morgan fingerprint density at radius 1 is 1.62 bits per heavy atom. The van der Waals surface area contributed by atoms with E-state index in [1.165, 1.54) is 21.3 Å². The fourth-order valence-electron chi connectivity index (χ4n) is 2.04. The Hall–Kier alpha value is -0.920. The number of aromatic nitrogens is 2. The van der Waals surface area contributed by atoms with Crippen molar-refractivity contribution in [1.29, 1.82) is 0 Å². The lowest BCUT2D eigenvalue weighted by atomic mass is 10.2. The van der Waals surface area contributed by atoms with Gasteiger partial charge in [-0.05, 0) is 18.9 Å². The van der Waals surface area contributed by atoms with Crippen LogP contribution in [0.4, 0.5) is 0 Å². The number of aliphatic hydroxyl groups is 1. The lowest BCUT2D eigenvalue weighted by molar-refractivity contribution is 0.213. The molecule has 1 saturated heterocycles. The van der Waals surface area contributed by atoms with Crippen LogP contribution in [0.5, 0.6) is 0 Å². The molecule has 0 radical (unpaired) electrons. The lowest BCUT2D eigenvalue weighted by Crippen LogP contribution is -2.38. The fraction of sp³-hybridized carbons (Fsp3) is 0.667. The Bertz CT molecular complexity index is 468. The normalized spacial score (nSPS) is 22.8. The third kappa shape index (κ3) is 1.74. The minimum atomic E-state index is -3.51. The molecule has 1 aromatic heterocycles. The summed E-state index contributed by atoms with van der Waals surface area (Å²) in [5, 5.41) is 13.2. The number of aliphatic hydroxyl groups excluding tert-OH is 1. The highest BCUT2D eigenvalue weighted by atomic mass is 32.2. The third-order valence-electron chi connectivity index (χ3n) is 2.88. The number of sulfonamides is 1. The van der Waals surface area contributed by atoms with Gasteiger partial charge in [-0.25, -0.2) is 8.42 Å². The minimum absolute atomic E-state index is 0.128. The molecule has 16 heavy (non-hydrogen) atoms. The van der Waals surface area contributed by atoms with Crippen molar-refractivity contribution >= 4 is 10.0 Å². The molecule has 7 heteroatoms. The highest BCUT2D eigenvalue weighted by Crippen LogP contribution is 2.25. The molecule has 1 aliphatic rings. The van der Waals surface area contributed by atoms with Crippen molar-refractivity contribution in [2.45, 2.75) is 23.9 Å². The largest absolute Gasteiger partial charge is 0.395 e. The summed E-state index contributed by atoms with van der Waals surface area (Å²) >= 11 is 0. The molecular formula is C9H15N3O3S. The zero-order valence-electron chi connectivity index (χ0n) is 9.07. The number of aryl methyl sites for hydroxylation is 1. The third-order valence-corrected chi connectivity index (χ3v) is 4.91. The van der Waals surface area contributed by atoms with Crippen molar-refractivity contribution in [3.8, 4) is 0 Å². The predicted molar refractivity (Wildman–Crippen MR) is 57.2 cm³/mol. The first-order valence-electron chi connectivity index (χ1n) is 5.18. The standard InChI is InChI=1S/C9H15N3O3S/c1-11-9(4-5-10-11)16(14,15)12-6-2-3-8(12)7-13/h4-5,8,13H,2-3,6-7H2,1H3/t8-/m1/s1. The van der Waals surface area contributed by atoms with Crippen LogP contribution < -0.4 is 0 Å². The summed E-state index contributed by atoms with van der Waals surface area (Å²) in [7, 11) is -1.92. The van der Waals surface area contributed by atoms with Crippen LogP contribution >= 0.6 is 0 Å². The minimum Gasteiger partial charge on any atom is -0.395 e. The van der Waals surface area contributed by atoms with Crippen molar-refractivity contribution in [1.82, 2.24) is 14.1 Å². The molecule has 2 heterocycles. The van der Waals surface area contributed by atoms with Crippen LogP contribution in [0.3, 0.4) is 0 Å². The van der Waals surface area contributed by atoms with Gasteiger partial charge < -0.3 is 5.11 Å². The van der Waals surface area contributed by atoms with E-state index in [0.29, 0.717) is 13.0 Å². The molecule has 6 nitrogen and oxygen atoms in total. The van der Waals surface area contributed by atoms with E-state index in [4.69, 9.17) is 5.11 Å². The van der Waals surface area contributed by atoms with E-state index in [0.717, 1.165) is 6.42 Å². The SMILES string of the molecule is Cn1nccc1S(=O)(=O)N1CCC[C@@H]1CO. The van der Waals surface area contributed by atoms with Crippen molar-refractivity contribution in [3.63, 3.8) is 0 Å². The van der Waals surface area contributed by atoms with Crippen molar-refractivity contribution in [2.75, 3.05) is 13.2 Å². The second-order valence-corrected chi connectivity index (χ2v) is 5.72. The summed E-state index contributed by atoms with van der Waals surface area (Å²) in [6, 6.07) is 1.18. The quantitative estimate of drug-likeness (QED) is 0.783. The van der Waals surface area contributed by atoms with Crippen LogP contribution in [-0.2, 0) is 17.1 Å². The molecule has 2 rings (SSSR count). The van der Waals surface area contributed by atoms with Gasteiger partial charge in [0.1, 0.15) is 0 Å². The molecule has 0 unspecified atom stereocenters. The predicted octanol–water partition coefficient (Wildman–Crippen LogP) is -0.435. The van der Waals surface area contributed by atoms with E-state index in [9.17, 15) is 8.42 Å². The number of rotatable bonds is 3. The van der Waals surface area contributed by atoms with Crippen LogP contribution in [0.1, 0.15) is 12.8 Å². The maximum atomic E-state index is 12.2. The van der Waals surface area contributed by atoms with E-state index in [-0.39, 0.29) is 17.7 Å². The smallest absolute Gasteiger partial charge is 0.260 e. The average Bonchev–Trinajstić information content (AvgIpc) is 2.85. The molecule has 90 valence electrons. The molecule has 1 aliphatic heterocycles. The van der Waals surface area contributed by atoms with Crippen LogP contribution in [0.25, 0.3) is 0 Å². The zero-order valence-corrected chi connectivity index (χ0v) is 9.89. The van der Waals surface area contributed by atoms with E-state index in [1.54, 1.807) is 7.05 Å². The van der Waals surface area contributed by atoms with E-state index < -0.39 is 10.0 Å². The number of nitrogens with zero attached hydrogens (tertiary/aromatic N) is 3. The molecule has 0 spiro atoms. The van der Waals surface area contributed by atoms with Crippen LogP contribution in [0.2, 0.25) is 0 Å². The van der Waals surface area contributed by atoms with Gasteiger partial charge in [0.05, 0.1) is 12.8 Å². The molecular weight excluding hydrogens is 230 g/mol. The maximum Gasteiger partial charge on any atom is 0.260 e. The Labute approximate surface area is 94.5 Å². The summed E-state index contributed by atoms with van der Waals surface area (Å²) in [5.74, 6) is 0. The second-order valence-electron chi connectivity index (χ2n) is 3.89. The lowest BCUT2D eigenvalue weighted by Gasteiger charge is -2.22. The van der Waals surface area contributed by atoms with Gasteiger partial charge in [0.15, 0.2) is 5.03 Å². The molecule has 1 aromatic rings. The molecule has 0 bridgehead atoms. The highest BCUT2D eigenvalue weighted by molar-refractivity contribution is 7.89. The van der Waals surface area contributed by atoms with Gasteiger partial charge in [-0.2, -0.15) is 9.40 Å². The topological polar surface area (TPSA) is 75.4 Å². The van der Waals surface area contributed by atoms with E-state index in [2.05, 4.69) is 5.10 Å². The Balaban J connectivity index is 2.36.